The summed E-state index contributed by atoms with van der Waals surface area (Å²) in [4.78, 5) is 16.1. The lowest BCUT2D eigenvalue weighted by atomic mass is 10.2. The summed E-state index contributed by atoms with van der Waals surface area (Å²) in [5.41, 5.74) is 4.78. The molecule has 1 N–H and O–H groups in total. The fourth-order valence-electron chi connectivity index (χ4n) is 2.01. The van der Waals surface area contributed by atoms with E-state index in [9.17, 15) is 4.79 Å². The van der Waals surface area contributed by atoms with Crippen LogP contribution in [0.1, 0.15) is 5.56 Å². The highest BCUT2D eigenvalue weighted by atomic mass is 79.9. The number of carbonyl (C=O) groups is 1. The average Bonchev–Trinajstić information content (AvgIpc) is 3.03. The fraction of sp³-hybridized carbons (Fsp3) is 0.118. The molecule has 0 aliphatic heterocycles. The number of nitrogens with one attached hydrogen (secondary N) is 1. The number of benzene rings is 2. The largest absolute Gasteiger partial charge is 0.496 e. The van der Waals surface area contributed by atoms with E-state index in [1.807, 2.05) is 42.5 Å². The van der Waals surface area contributed by atoms with Gasteiger partial charge in [-0.3, -0.25) is 4.79 Å². The quantitative estimate of drug-likeness (QED) is 0.373. The molecule has 0 bridgehead atoms. The van der Waals surface area contributed by atoms with Gasteiger partial charge in [-0.2, -0.15) is 5.10 Å². The number of hydrogen-bond acceptors (Lipinski definition) is 6. The number of fused-ring (bicyclic) bond motifs is 1. The molecule has 3 aromatic rings. The minimum Gasteiger partial charge on any atom is -0.496 e. The Labute approximate surface area is 156 Å². The van der Waals surface area contributed by atoms with Gasteiger partial charge in [0, 0.05) is 0 Å². The minimum atomic E-state index is -0.240. The van der Waals surface area contributed by atoms with Crippen molar-refractivity contribution in [2.45, 2.75) is 5.22 Å². The van der Waals surface area contributed by atoms with Crippen LogP contribution in [0.2, 0.25) is 0 Å². The number of para-hydroxylation sites is 2. The van der Waals surface area contributed by atoms with E-state index in [4.69, 9.17) is 9.15 Å². The second-order valence-electron chi connectivity index (χ2n) is 4.92. The Kier molecular flexibility index (Phi) is 5.72. The molecular formula is C17H14BrN3O3S. The molecule has 0 atom stereocenters. The SMILES string of the molecule is COc1ccc(C=NNC(=O)CSc2nc3ccccc3o2)cc1Br. The number of hydrazone groups is 1. The van der Waals surface area contributed by atoms with Gasteiger partial charge in [-0.15, -0.1) is 0 Å². The topological polar surface area (TPSA) is 76.7 Å². The molecule has 0 spiro atoms. The Morgan fingerprint density at radius 2 is 2.24 bits per heavy atom. The van der Waals surface area contributed by atoms with Crippen molar-refractivity contribution in [1.29, 1.82) is 0 Å². The van der Waals surface area contributed by atoms with Crippen molar-refractivity contribution in [2.24, 2.45) is 5.10 Å². The fourth-order valence-corrected chi connectivity index (χ4v) is 3.20. The van der Waals surface area contributed by atoms with Gasteiger partial charge in [0.25, 0.3) is 11.1 Å². The maximum atomic E-state index is 11.8. The Morgan fingerprint density at radius 1 is 1.40 bits per heavy atom. The lowest BCUT2D eigenvalue weighted by Gasteiger charge is -2.03. The second-order valence-corrected chi connectivity index (χ2v) is 6.70. The zero-order chi connectivity index (χ0) is 17.6. The van der Waals surface area contributed by atoms with Crippen LogP contribution in [0.25, 0.3) is 11.1 Å². The van der Waals surface area contributed by atoms with E-state index in [0.29, 0.717) is 10.8 Å². The molecule has 0 aliphatic carbocycles. The number of nitrogens with zero attached hydrogens (tertiary/aromatic N) is 2. The third-order valence-electron chi connectivity index (χ3n) is 3.18. The summed E-state index contributed by atoms with van der Waals surface area (Å²) in [6.45, 7) is 0. The minimum absolute atomic E-state index is 0.163. The molecule has 0 saturated heterocycles. The Bertz CT molecular complexity index is 893. The van der Waals surface area contributed by atoms with E-state index in [1.54, 1.807) is 13.3 Å². The number of aromatic nitrogens is 1. The summed E-state index contributed by atoms with van der Waals surface area (Å²) in [5.74, 6) is 0.656. The molecule has 3 rings (SSSR count). The van der Waals surface area contributed by atoms with Crippen LogP contribution >= 0.6 is 27.7 Å². The van der Waals surface area contributed by atoms with E-state index in [0.717, 1.165) is 21.3 Å². The van der Waals surface area contributed by atoms with Gasteiger partial charge in [-0.1, -0.05) is 23.9 Å². The third kappa shape index (κ3) is 4.61. The van der Waals surface area contributed by atoms with Crippen LogP contribution in [-0.2, 0) is 4.79 Å². The number of ether oxygens (including phenoxy) is 1. The summed E-state index contributed by atoms with van der Waals surface area (Å²) in [5, 5.41) is 4.40. The van der Waals surface area contributed by atoms with Gasteiger partial charge in [-0.05, 0) is 51.8 Å². The molecule has 0 fully saturated rings. The van der Waals surface area contributed by atoms with Crippen molar-refractivity contribution in [3.63, 3.8) is 0 Å². The van der Waals surface area contributed by atoms with Gasteiger partial charge in [0.15, 0.2) is 5.58 Å². The lowest BCUT2D eigenvalue weighted by Crippen LogP contribution is -2.19. The highest BCUT2D eigenvalue weighted by molar-refractivity contribution is 9.10. The van der Waals surface area contributed by atoms with Crippen LogP contribution in [0.3, 0.4) is 0 Å². The van der Waals surface area contributed by atoms with Gasteiger partial charge in [0.1, 0.15) is 11.3 Å². The molecule has 25 heavy (non-hydrogen) atoms. The van der Waals surface area contributed by atoms with Crippen LogP contribution in [0, 0.1) is 0 Å². The van der Waals surface area contributed by atoms with Gasteiger partial charge in [0.05, 0.1) is 23.5 Å². The van der Waals surface area contributed by atoms with Crippen molar-refractivity contribution in [2.75, 3.05) is 12.9 Å². The monoisotopic (exact) mass is 419 g/mol. The smallest absolute Gasteiger partial charge is 0.257 e. The molecule has 0 unspecified atom stereocenters. The molecule has 8 heteroatoms. The van der Waals surface area contributed by atoms with E-state index < -0.39 is 0 Å². The number of carbonyl (C=O) groups excluding carboxylic acids is 1. The van der Waals surface area contributed by atoms with Crippen LogP contribution in [0.4, 0.5) is 0 Å². The number of oxazole rings is 1. The molecule has 0 aliphatic rings. The van der Waals surface area contributed by atoms with Crippen LogP contribution in [-0.4, -0.2) is 30.0 Å². The highest BCUT2D eigenvalue weighted by Gasteiger charge is 2.08. The average molecular weight is 420 g/mol. The van der Waals surface area contributed by atoms with Crippen molar-refractivity contribution >= 4 is 50.9 Å². The van der Waals surface area contributed by atoms with Gasteiger partial charge < -0.3 is 9.15 Å². The zero-order valence-electron chi connectivity index (χ0n) is 13.2. The predicted octanol–water partition coefficient (Wildman–Crippen LogP) is 3.84. The molecule has 128 valence electrons. The van der Waals surface area contributed by atoms with Crippen LogP contribution in [0.5, 0.6) is 5.75 Å². The number of halogens is 1. The zero-order valence-corrected chi connectivity index (χ0v) is 15.6. The van der Waals surface area contributed by atoms with E-state index in [1.165, 1.54) is 11.8 Å². The summed E-state index contributed by atoms with van der Waals surface area (Å²) >= 11 is 4.62. The van der Waals surface area contributed by atoms with Crippen molar-refractivity contribution in [3.05, 3.63) is 52.5 Å². The van der Waals surface area contributed by atoms with Crippen molar-refractivity contribution < 1.29 is 13.9 Å². The van der Waals surface area contributed by atoms with E-state index in [-0.39, 0.29) is 11.7 Å². The standard InChI is InChI=1S/C17H14BrN3O3S/c1-23-14-7-6-11(8-12(14)18)9-19-21-16(22)10-25-17-20-13-4-2-3-5-15(13)24-17/h2-9H,10H2,1H3,(H,21,22). The van der Waals surface area contributed by atoms with E-state index >= 15 is 0 Å². The number of thioether (sulfide) groups is 1. The van der Waals surface area contributed by atoms with Crippen LogP contribution < -0.4 is 10.2 Å². The maximum absolute atomic E-state index is 11.8. The first kappa shape index (κ1) is 17.5. The van der Waals surface area contributed by atoms with E-state index in [2.05, 4.69) is 31.4 Å². The molecule has 1 aromatic heterocycles. The Balaban J connectivity index is 1.51. The van der Waals surface area contributed by atoms with Gasteiger partial charge >= 0.3 is 0 Å². The molecule has 6 nitrogen and oxygen atoms in total. The van der Waals surface area contributed by atoms with Crippen LogP contribution in [0.15, 0.2) is 61.7 Å². The van der Waals surface area contributed by atoms with Crippen molar-refractivity contribution in [3.8, 4) is 5.75 Å². The molecular weight excluding hydrogens is 406 g/mol. The summed E-state index contributed by atoms with van der Waals surface area (Å²) in [7, 11) is 1.60. The maximum Gasteiger partial charge on any atom is 0.257 e. The Morgan fingerprint density at radius 3 is 3.00 bits per heavy atom. The highest BCUT2D eigenvalue weighted by Crippen LogP contribution is 2.25. The first-order chi connectivity index (χ1) is 12.2. The molecule has 0 radical (unpaired) electrons. The third-order valence-corrected chi connectivity index (χ3v) is 4.63. The lowest BCUT2D eigenvalue weighted by molar-refractivity contribution is -0.118. The molecule has 1 amide bonds. The number of hydrogen-bond donors (Lipinski definition) is 1. The van der Waals surface area contributed by atoms with Crippen molar-refractivity contribution in [1.82, 2.24) is 10.4 Å². The summed E-state index contributed by atoms with van der Waals surface area (Å²) in [6, 6.07) is 13.0. The molecule has 0 saturated carbocycles. The van der Waals surface area contributed by atoms with Gasteiger partial charge in [-0.25, -0.2) is 10.4 Å². The number of rotatable bonds is 6. The summed E-state index contributed by atoms with van der Waals surface area (Å²) in [6.07, 6.45) is 1.56. The summed E-state index contributed by atoms with van der Waals surface area (Å²) < 4.78 is 11.5. The second kappa shape index (κ2) is 8.17. The number of methoxy groups -OCH3 is 1. The number of amides is 1. The first-order valence-electron chi connectivity index (χ1n) is 7.29. The normalized spacial score (nSPS) is 11.1. The molecule has 2 aromatic carbocycles. The van der Waals surface area contributed by atoms with Gasteiger partial charge in [0.2, 0.25) is 0 Å². The Hall–Kier alpha value is -2.32. The first-order valence-corrected chi connectivity index (χ1v) is 9.07. The predicted molar refractivity (Wildman–Crippen MR) is 101 cm³/mol. The molecule has 1 heterocycles.